The molecule has 0 spiro atoms. The second-order valence-corrected chi connectivity index (χ2v) is 8.46. The number of nitrogens with zero attached hydrogens (tertiary/aromatic N) is 3. The highest BCUT2D eigenvalue weighted by atomic mass is 32.1. The van der Waals surface area contributed by atoms with Gasteiger partial charge in [-0.2, -0.15) is 4.98 Å². The number of benzene rings is 2. The zero-order chi connectivity index (χ0) is 22.9. The molecule has 1 atom stereocenters. The predicted molar refractivity (Wildman–Crippen MR) is 120 cm³/mol. The zero-order valence-electron chi connectivity index (χ0n) is 17.5. The van der Waals surface area contributed by atoms with Crippen LogP contribution in [0.3, 0.4) is 0 Å². The molecule has 2 amide bonds. The highest BCUT2D eigenvalue weighted by Crippen LogP contribution is 2.38. The number of carbonyl (C=O) groups excluding carboxylic acids is 1. The highest BCUT2D eigenvalue weighted by molar-refractivity contribution is 7.13. The number of aromatic nitrogens is 2. The van der Waals surface area contributed by atoms with E-state index in [9.17, 15) is 13.6 Å². The summed E-state index contributed by atoms with van der Waals surface area (Å²) < 4.78 is 33.4. The summed E-state index contributed by atoms with van der Waals surface area (Å²) in [6.07, 6.45) is 0. The molecule has 0 saturated heterocycles. The number of urea groups is 1. The van der Waals surface area contributed by atoms with E-state index in [2.05, 4.69) is 15.5 Å². The molecule has 9 heteroatoms. The number of halogens is 2. The van der Waals surface area contributed by atoms with Gasteiger partial charge in [-0.05, 0) is 42.1 Å². The number of amides is 2. The molecule has 33 heavy (non-hydrogen) atoms. The fourth-order valence-electron chi connectivity index (χ4n) is 3.79. The number of nitrogens with one attached hydrogen (secondary N) is 1. The van der Waals surface area contributed by atoms with Crippen molar-refractivity contribution in [2.45, 2.75) is 19.5 Å². The third-order valence-corrected chi connectivity index (χ3v) is 6.35. The van der Waals surface area contributed by atoms with E-state index < -0.39 is 17.9 Å². The molecular formula is C24H18F2N4O2S. The Labute approximate surface area is 192 Å². The first-order valence-corrected chi connectivity index (χ1v) is 11.0. The Morgan fingerprint density at radius 3 is 2.61 bits per heavy atom. The van der Waals surface area contributed by atoms with Gasteiger partial charge >= 0.3 is 6.03 Å². The molecule has 1 aliphatic rings. The van der Waals surface area contributed by atoms with Crippen LogP contribution in [-0.4, -0.2) is 21.1 Å². The van der Waals surface area contributed by atoms with E-state index in [0.717, 1.165) is 4.88 Å². The highest BCUT2D eigenvalue weighted by Gasteiger charge is 2.36. The standard InChI is InChI=1S/C24H18F2N4O2S/c1-14-20(23-28-22(29-32-23)19-7-4-12-33-19)21(15-8-10-17(25)11-9-15)27-24(31)30(14)13-16-5-2-3-6-18(16)26/h2-12,21H,13H2,1H3,(H,27,31). The van der Waals surface area contributed by atoms with Crippen LogP contribution in [0.15, 0.2) is 76.3 Å². The molecule has 5 rings (SSSR count). The number of allylic oxidation sites excluding steroid dienone is 1. The lowest BCUT2D eigenvalue weighted by Gasteiger charge is -2.35. The first kappa shape index (κ1) is 21.0. The third kappa shape index (κ3) is 4.03. The van der Waals surface area contributed by atoms with Gasteiger partial charge in [-0.25, -0.2) is 13.6 Å². The van der Waals surface area contributed by atoms with E-state index in [1.165, 1.54) is 34.4 Å². The molecule has 166 valence electrons. The monoisotopic (exact) mass is 464 g/mol. The van der Waals surface area contributed by atoms with Crippen LogP contribution in [-0.2, 0) is 6.54 Å². The van der Waals surface area contributed by atoms with Crippen LogP contribution in [0.5, 0.6) is 0 Å². The summed E-state index contributed by atoms with van der Waals surface area (Å²) in [6, 6.07) is 14.8. The van der Waals surface area contributed by atoms with Crippen molar-refractivity contribution in [2.75, 3.05) is 0 Å². The van der Waals surface area contributed by atoms with Crippen LogP contribution in [0.25, 0.3) is 16.3 Å². The second-order valence-electron chi connectivity index (χ2n) is 7.51. The Morgan fingerprint density at radius 1 is 1.09 bits per heavy atom. The number of hydrogen-bond acceptors (Lipinski definition) is 5. The lowest BCUT2D eigenvalue weighted by atomic mass is 9.94. The molecule has 2 aromatic carbocycles. The number of hydrogen-bond donors (Lipinski definition) is 1. The number of thiophene rings is 1. The Hall–Kier alpha value is -3.85. The molecule has 0 saturated carbocycles. The molecule has 0 bridgehead atoms. The topological polar surface area (TPSA) is 71.3 Å². The van der Waals surface area contributed by atoms with Crippen molar-refractivity contribution in [1.82, 2.24) is 20.4 Å². The fraction of sp³-hybridized carbons (Fsp3) is 0.125. The molecule has 0 fully saturated rings. The summed E-state index contributed by atoms with van der Waals surface area (Å²) in [6.45, 7) is 1.77. The molecule has 1 aliphatic heterocycles. The van der Waals surface area contributed by atoms with Gasteiger partial charge in [0.15, 0.2) is 0 Å². The van der Waals surface area contributed by atoms with Crippen LogP contribution in [0.2, 0.25) is 0 Å². The van der Waals surface area contributed by atoms with Crippen LogP contribution < -0.4 is 5.32 Å². The Morgan fingerprint density at radius 2 is 1.88 bits per heavy atom. The van der Waals surface area contributed by atoms with Crippen LogP contribution in [0, 0.1) is 11.6 Å². The minimum Gasteiger partial charge on any atom is -0.334 e. The van der Waals surface area contributed by atoms with Crippen molar-refractivity contribution in [3.63, 3.8) is 0 Å². The molecule has 0 aliphatic carbocycles. The molecular weight excluding hydrogens is 446 g/mol. The summed E-state index contributed by atoms with van der Waals surface area (Å²) in [5, 5.41) is 8.93. The van der Waals surface area contributed by atoms with Gasteiger partial charge in [0.1, 0.15) is 11.6 Å². The van der Waals surface area contributed by atoms with Crippen molar-refractivity contribution >= 4 is 22.9 Å². The third-order valence-electron chi connectivity index (χ3n) is 5.48. The molecule has 1 N–H and O–H groups in total. The van der Waals surface area contributed by atoms with Gasteiger partial charge in [0.2, 0.25) is 5.82 Å². The van der Waals surface area contributed by atoms with Crippen molar-refractivity contribution < 1.29 is 18.1 Å². The van der Waals surface area contributed by atoms with E-state index >= 15 is 0 Å². The van der Waals surface area contributed by atoms with Gasteiger partial charge in [0.05, 0.1) is 23.0 Å². The Balaban J connectivity index is 1.61. The smallest absolute Gasteiger partial charge is 0.322 e. The van der Waals surface area contributed by atoms with Crippen LogP contribution >= 0.6 is 11.3 Å². The lowest BCUT2D eigenvalue weighted by molar-refractivity contribution is 0.202. The van der Waals surface area contributed by atoms with Gasteiger partial charge in [0.25, 0.3) is 5.89 Å². The summed E-state index contributed by atoms with van der Waals surface area (Å²) in [5.41, 5.74) is 2.13. The number of rotatable bonds is 5. The average Bonchev–Trinajstić information content (AvgIpc) is 3.50. The molecule has 4 aromatic rings. The van der Waals surface area contributed by atoms with Gasteiger partial charge in [-0.3, -0.25) is 4.90 Å². The van der Waals surface area contributed by atoms with Crippen molar-refractivity contribution in [1.29, 1.82) is 0 Å². The zero-order valence-corrected chi connectivity index (χ0v) is 18.3. The first-order valence-electron chi connectivity index (χ1n) is 10.2. The van der Waals surface area contributed by atoms with E-state index in [4.69, 9.17) is 4.52 Å². The van der Waals surface area contributed by atoms with Crippen LogP contribution in [0.1, 0.15) is 30.0 Å². The van der Waals surface area contributed by atoms with Gasteiger partial charge in [-0.15, -0.1) is 11.3 Å². The van der Waals surface area contributed by atoms with Crippen molar-refractivity contribution in [3.8, 4) is 10.7 Å². The van der Waals surface area contributed by atoms with Gasteiger partial charge in [-0.1, -0.05) is 41.6 Å². The summed E-state index contributed by atoms with van der Waals surface area (Å²) in [4.78, 5) is 19.9. The van der Waals surface area contributed by atoms with Crippen molar-refractivity contribution in [2.24, 2.45) is 0 Å². The van der Waals surface area contributed by atoms with E-state index in [1.807, 2.05) is 17.5 Å². The Bertz CT molecular complexity index is 1330. The largest absolute Gasteiger partial charge is 0.334 e. The summed E-state index contributed by atoms with van der Waals surface area (Å²) in [5.74, 6) is -0.139. The maximum absolute atomic E-state index is 14.3. The van der Waals surface area contributed by atoms with E-state index in [-0.39, 0.29) is 18.3 Å². The fourth-order valence-corrected chi connectivity index (χ4v) is 4.44. The van der Waals surface area contributed by atoms with Gasteiger partial charge in [0, 0.05) is 11.3 Å². The van der Waals surface area contributed by atoms with E-state index in [0.29, 0.717) is 28.2 Å². The second kappa shape index (κ2) is 8.59. The number of carbonyl (C=O) groups is 1. The lowest BCUT2D eigenvalue weighted by Crippen LogP contribution is -2.45. The molecule has 6 nitrogen and oxygen atoms in total. The summed E-state index contributed by atoms with van der Waals surface area (Å²) >= 11 is 1.48. The van der Waals surface area contributed by atoms with Crippen LogP contribution in [0.4, 0.5) is 13.6 Å². The molecule has 2 aromatic heterocycles. The molecule has 0 radical (unpaired) electrons. The predicted octanol–water partition coefficient (Wildman–Crippen LogP) is 5.77. The minimum atomic E-state index is -0.647. The first-order chi connectivity index (χ1) is 16.0. The minimum absolute atomic E-state index is 0.0237. The Kier molecular flexibility index (Phi) is 5.47. The van der Waals surface area contributed by atoms with E-state index in [1.54, 1.807) is 37.3 Å². The SMILES string of the molecule is CC1=C(c2nc(-c3cccs3)no2)C(c2ccc(F)cc2)NC(=O)N1Cc1ccccc1F. The quantitative estimate of drug-likeness (QED) is 0.407. The maximum atomic E-state index is 14.3. The van der Waals surface area contributed by atoms with Gasteiger partial charge < -0.3 is 9.84 Å². The maximum Gasteiger partial charge on any atom is 0.322 e. The molecule has 3 heterocycles. The molecule has 1 unspecified atom stereocenters. The summed E-state index contributed by atoms with van der Waals surface area (Å²) in [7, 11) is 0. The normalized spacial score (nSPS) is 16.3. The average molecular weight is 464 g/mol. The van der Waals surface area contributed by atoms with Crippen molar-refractivity contribution in [3.05, 3.63) is 100 Å².